The molecule has 1 aliphatic carbocycles. The van der Waals surface area contributed by atoms with E-state index in [0.717, 1.165) is 24.2 Å². The zero-order valence-electron chi connectivity index (χ0n) is 10.7. The topological polar surface area (TPSA) is 29.5 Å². The molecule has 0 saturated heterocycles. The van der Waals surface area contributed by atoms with Gasteiger partial charge in [-0.1, -0.05) is 20.4 Å². The highest BCUT2D eigenvalue weighted by atomic mass is 16.5. The van der Waals surface area contributed by atoms with Gasteiger partial charge in [-0.2, -0.15) is 0 Å². The molecule has 2 aliphatic rings. The first-order valence-electron chi connectivity index (χ1n) is 6.01. The van der Waals surface area contributed by atoms with E-state index in [1.165, 1.54) is 0 Å². The molecule has 3 unspecified atom stereocenters. The summed E-state index contributed by atoms with van der Waals surface area (Å²) in [5.41, 5.74) is 0.731. The molecule has 1 saturated carbocycles. The van der Waals surface area contributed by atoms with Crippen LogP contribution >= 0.6 is 0 Å². The minimum absolute atomic E-state index is 0.141. The van der Waals surface area contributed by atoms with Crippen molar-refractivity contribution in [3.8, 4) is 0 Å². The summed E-state index contributed by atoms with van der Waals surface area (Å²) in [5.74, 6) is 1.06. The fourth-order valence-corrected chi connectivity index (χ4v) is 3.63. The van der Waals surface area contributed by atoms with Crippen molar-refractivity contribution in [2.45, 2.75) is 52.2 Å². The Hall–Kier alpha value is -0.760. The molecule has 3 atom stereocenters. The van der Waals surface area contributed by atoms with Crippen LogP contribution in [0.5, 0.6) is 0 Å². The third-order valence-corrected chi connectivity index (χ3v) is 4.22. The van der Waals surface area contributed by atoms with Gasteiger partial charge in [-0.25, -0.2) is 0 Å². The number of rotatable bonds is 0. The molecule has 1 N–H and O–H groups in total. The van der Waals surface area contributed by atoms with Gasteiger partial charge in [-0.05, 0) is 43.8 Å². The van der Waals surface area contributed by atoms with Gasteiger partial charge in [0.05, 0.1) is 11.9 Å². The molecule has 0 aromatic rings. The predicted octanol–water partition coefficient (Wildman–Crippen LogP) is 3.03. The number of hydrogen-bond donors (Lipinski definition) is 1. The number of ether oxygens (including phenoxy) is 1. The average Bonchev–Trinajstić information content (AvgIpc) is 2.10. The second kappa shape index (κ2) is 3.36. The van der Waals surface area contributed by atoms with Crippen molar-refractivity contribution in [3.63, 3.8) is 0 Å². The lowest BCUT2D eigenvalue weighted by atomic mass is 9.57. The molecule has 0 aromatic heterocycles. The second-order valence-corrected chi connectivity index (χ2v) is 6.09. The summed E-state index contributed by atoms with van der Waals surface area (Å²) < 4.78 is 5.95. The smallest absolute Gasteiger partial charge is 0.139 e. The van der Waals surface area contributed by atoms with E-state index in [1.807, 2.05) is 19.9 Å². The molecule has 2 nitrogen and oxygen atoms in total. The van der Waals surface area contributed by atoms with Gasteiger partial charge >= 0.3 is 0 Å². The van der Waals surface area contributed by atoms with Gasteiger partial charge < -0.3 is 9.84 Å². The highest BCUT2D eigenvalue weighted by molar-refractivity contribution is 5.31. The Morgan fingerprint density at radius 2 is 2.06 bits per heavy atom. The molecule has 0 amide bonds. The Kier molecular flexibility index (Phi) is 2.46. The number of fused-ring (bicyclic) bond motifs is 1. The number of allylic oxidation sites excluding steroid dienone is 2. The highest BCUT2D eigenvalue weighted by Gasteiger charge is 2.55. The van der Waals surface area contributed by atoms with E-state index in [0.29, 0.717) is 0 Å². The van der Waals surface area contributed by atoms with Gasteiger partial charge in [0.1, 0.15) is 5.60 Å². The summed E-state index contributed by atoms with van der Waals surface area (Å²) in [7, 11) is 0. The molecular formula is C14H22O2. The van der Waals surface area contributed by atoms with Crippen LogP contribution in [0.25, 0.3) is 0 Å². The van der Waals surface area contributed by atoms with E-state index >= 15 is 0 Å². The summed E-state index contributed by atoms with van der Waals surface area (Å²) >= 11 is 0. The Morgan fingerprint density at radius 3 is 2.69 bits per heavy atom. The van der Waals surface area contributed by atoms with Crippen LogP contribution in [0.4, 0.5) is 0 Å². The lowest BCUT2D eigenvalue weighted by Gasteiger charge is -2.55. The fourth-order valence-electron chi connectivity index (χ4n) is 3.63. The SMILES string of the molecule is C=C1C=C(C)OC2(C)C(O)CCC(C)(C)C12. The van der Waals surface area contributed by atoms with Gasteiger partial charge in [-0.15, -0.1) is 0 Å². The van der Waals surface area contributed by atoms with Crippen LogP contribution in [-0.4, -0.2) is 16.8 Å². The largest absolute Gasteiger partial charge is 0.489 e. The second-order valence-electron chi connectivity index (χ2n) is 6.09. The van der Waals surface area contributed by atoms with Crippen molar-refractivity contribution in [2.75, 3.05) is 0 Å². The lowest BCUT2D eigenvalue weighted by Crippen LogP contribution is -2.58. The van der Waals surface area contributed by atoms with Crippen LogP contribution < -0.4 is 0 Å². The summed E-state index contributed by atoms with van der Waals surface area (Å²) in [6.45, 7) is 12.6. The predicted molar refractivity (Wildman–Crippen MR) is 64.9 cm³/mol. The van der Waals surface area contributed by atoms with Crippen LogP contribution in [0.2, 0.25) is 0 Å². The van der Waals surface area contributed by atoms with E-state index in [-0.39, 0.29) is 11.3 Å². The van der Waals surface area contributed by atoms with Gasteiger partial charge in [-0.3, -0.25) is 0 Å². The number of aliphatic hydroxyl groups is 1. The highest BCUT2D eigenvalue weighted by Crippen LogP contribution is 2.53. The molecule has 0 bridgehead atoms. The molecule has 1 heterocycles. The van der Waals surface area contributed by atoms with E-state index in [9.17, 15) is 5.11 Å². The maximum Gasteiger partial charge on any atom is 0.139 e. The van der Waals surface area contributed by atoms with Crippen LogP contribution in [0.1, 0.15) is 40.5 Å². The third kappa shape index (κ3) is 1.51. The lowest BCUT2D eigenvalue weighted by molar-refractivity contribution is -0.168. The first-order chi connectivity index (χ1) is 7.27. The maximum absolute atomic E-state index is 10.2. The zero-order chi connectivity index (χ0) is 12.1. The van der Waals surface area contributed by atoms with Gasteiger partial charge in [0.25, 0.3) is 0 Å². The first kappa shape index (κ1) is 11.7. The van der Waals surface area contributed by atoms with E-state index in [4.69, 9.17) is 4.74 Å². The monoisotopic (exact) mass is 222 g/mol. The molecular weight excluding hydrogens is 200 g/mol. The van der Waals surface area contributed by atoms with Crippen LogP contribution in [0.15, 0.2) is 24.0 Å². The molecule has 0 radical (unpaired) electrons. The number of aliphatic hydroxyl groups excluding tert-OH is 1. The standard InChI is InChI=1S/C14H22O2/c1-9-8-10(2)16-14(5)11(15)6-7-13(3,4)12(9)14/h8,11-12,15H,1,6-7H2,2-5H3. The maximum atomic E-state index is 10.2. The normalized spacial score (nSPS) is 42.1. The van der Waals surface area contributed by atoms with Gasteiger partial charge in [0, 0.05) is 5.92 Å². The fraction of sp³-hybridized carbons (Fsp3) is 0.714. The molecule has 90 valence electrons. The van der Waals surface area contributed by atoms with E-state index in [2.05, 4.69) is 20.4 Å². The minimum Gasteiger partial charge on any atom is -0.489 e. The van der Waals surface area contributed by atoms with Crippen LogP contribution in [-0.2, 0) is 4.74 Å². The van der Waals surface area contributed by atoms with Crippen LogP contribution in [0, 0.1) is 11.3 Å². The molecule has 1 fully saturated rings. The Labute approximate surface area is 98.0 Å². The zero-order valence-corrected chi connectivity index (χ0v) is 10.7. The average molecular weight is 222 g/mol. The van der Waals surface area contributed by atoms with Gasteiger partial charge in [0.2, 0.25) is 0 Å². The number of hydrogen-bond acceptors (Lipinski definition) is 2. The van der Waals surface area contributed by atoms with Crippen molar-refractivity contribution >= 4 is 0 Å². The summed E-state index contributed by atoms with van der Waals surface area (Å²) in [5, 5.41) is 10.2. The van der Waals surface area contributed by atoms with Crippen molar-refractivity contribution in [3.05, 3.63) is 24.0 Å². The Balaban J connectivity index is 2.48. The van der Waals surface area contributed by atoms with Gasteiger partial charge in [0.15, 0.2) is 0 Å². The molecule has 1 aliphatic heterocycles. The molecule has 16 heavy (non-hydrogen) atoms. The quantitative estimate of drug-likeness (QED) is 0.682. The van der Waals surface area contributed by atoms with Crippen molar-refractivity contribution in [1.82, 2.24) is 0 Å². The third-order valence-electron chi connectivity index (χ3n) is 4.22. The van der Waals surface area contributed by atoms with Crippen LogP contribution in [0.3, 0.4) is 0 Å². The molecule has 2 heteroatoms. The molecule has 0 aromatic carbocycles. The Morgan fingerprint density at radius 1 is 1.44 bits per heavy atom. The van der Waals surface area contributed by atoms with E-state index in [1.54, 1.807) is 0 Å². The molecule has 2 rings (SSSR count). The summed E-state index contributed by atoms with van der Waals surface area (Å²) in [4.78, 5) is 0. The first-order valence-corrected chi connectivity index (χ1v) is 6.01. The molecule has 0 spiro atoms. The van der Waals surface area contributed by atoms with Crippen molar-refractivity contribution in [1.29, 1.82) is 0 Å². The summed E-state index contributed by atoms with van der Waals surface area (Å²) in [6.07, 6.45) is 3.43. The Bertz CT molecular complexity index is 354. The minimum atomic E-state index is -0.502. The van der Waals surface area contributed by atoms with Crippen molar-refractivity contribution < 1.29 is 9.84 Å². The van der Waals surface area contributed by atoms with Crippen molar-refractivity contribution in [2.24, 2.45) is 11.3 Å². The summed E-state index contributed by atoms with van der Waals surface area (Å²) in [6, 6.07) is 0. The van der Waals surface area contributed by atoms with E-state index < -0.39 is 11.7 Å².